The molecule has 2 heterocycles. The maximum Gasteiger partial charge on any atom is 0.320 e. The Morgan fingerprint density at radius 3 is 2.74 bits per heavy atom. The van der Waals surface area contributed by atoms with Crippen LogP contribution in [-0.4, -0.2) is 68.8 Å². The van der Waals surface area contributed by atoms with E-state index in [1.54, 1.807) is 23.8 Å². The number of nitrogens with one attached hydrogen (secondary N) is 1. The van der Waals surface area contributed by atoms with Crippen LogP contribution in [0.4, 0.5) is 4.79 Å². The fraction of sp³-hybridized carbons (Fsp3) is 0.435. The normalized spacial score (nSPS) is 21.9. The molecule has 0 aromatic heterocycles. The maximum absolute atomic E-state index is 13.2. The average molecular weight is 444 g/mol. The zero-order valence-corrected chi connectivity index (χ0v) is 18.8. The highest BCUT2D eigenvalue weighted by atomic mass is 32.2. The Morgan fingerprint density at radius 2 is 1.94 bits per heavy atom. The number of urea groups is 1. The van der Waals surface area contributed by atoms with Crippen LogP contribution in [0.2, 0.25) is 0 Å². The number of amides is 2. The Labute approximate surface area is 184 Å². The van der Waals surface area contributed by atoms with Gasteiger partial charge in [0.05, 0.1) is 18.3 Å². The zero-order valence-electron chi connectivity index (χ0n) is 18.0. The van der Waals surface area contributed by atoms with Crippen LogP contribution in [0.5, 0.6) is 5.75 Å². The number of para-hydroxylation sites is 1. The Bertz CT molecular complexity index is 1060. The minimum Gasteiger partial charge on any atom is -0.491 e. The fourth-order valence-corrected chi connectivity index (χ4v) is 5.24. The van der Waals surface area contributed by atoms with E-state index in [1.807, 2.05) is 42.5 Å². The van der Waals surface area contributed by atoms with Gasteiger partial charge >= 0.3 is 6.03 Å². The Hall–Kier alpha value is -2.58. The minimum absolute atomic E-state index is 0.0215. The molecule has 1 saturated heterocycles. The third kappa shape index (κ3) is 4.70. The van der Waals surface area contributed by atoms with Crippen LogP contribution in [0.15, 0.2) is 48.5 Å². The highest BCUT2D eigenvalue weighted by Gasteiger charge is 2.39. The molecular formula is C23H29N3O4S. The number of sulfonamides is 1. The lowest BCUT2D eigenvalue weighted by molar-refractivity contribution is 0.147. The first kappa shape index (κ1) is 21.6. The van der Waals surface area contributed by atoms with Crippen molar-refractivity contribution in [1.29, 1.82) is 0 Å². The molecule has 2 aliphatic rings. The van der Waals surface area contributed by atoms with E-state index in [2.05, 4.69) is 10.8 Å². The van der Waals surface area contributed by atoms with Crippen LogP contribution in [-0.2, 0) is 16.4 Å². The van der Waals surface area contributed by atoms with E-state index in [4.69, 9.17) is 4.74 Å². The summed E-state index contributed by atoms with van der Waals surface area (Å²) in [5, 5.41) is 0. The van der Waals surface area contributed by atoms with Gasteiger partial charge < -0.3 is 14.5 Å². The summed E-state index contributed by atoms with van der Waals surface area (Å²) in [5.41, 5.74) is 3.10. The summed E-state index contributed by atoms with van der Waals surface area (Å²) < 4.78 is 33.4. The van der Waals surface area contributed by atoms with Crippen molar-refractivity contribution in [3.8, 4) is 16.9 Å². The van der Waals surface area contributed by atoms with Gasteiger partial charge in [-0.1, -0.05) is 42.5 Å². The molecule has 2 atom stereocenters. The van der Waals surface area contributed by atoms with Crippen molar-refractivity contribution in [2.75, 3.05) is 32.5 Å². The monoisotopic (exact) mass is 443 g/mol. The molecule has 1 fully saturated rings. The number of carbonyl (C=O) groups is 1. The predicted octanol–water partition coefficient (Wildman–Crippen LogP) is 2.72. The van der Waals surface area contributed by atoms with Gasteiger partial charge in [-0.15, -0.1) is 0 Å². The summed E-state index contributed by atoms with van der Waals surface area (Å²) in [6.07, 6.45) is 1.18. The molecule has 2 aromatic rings. The van der Waals surface area contributed by atoms with Crippen LogP contribution in [0.3, 0.4) is 0 Å². The quantitative estimate of drug-likeness (QED) is 0.791. The van der Waals surface area contributed by atoms with Crippen LogP contribution in [0.1, 0.15) is 18.9 Å². The number of ether oxygens (including phenoxy) is 1. The van der Waals surface area contributed by atoms with E-state index in [1.165, 1.54) is 0 Å². The Kier molecular flexibility index (Phi) is 6.20. The number of rotatable bonds is 3. The van der Waals surface area contributed by atoms with Crippen molar-refractivity contribution in [2.24, 2.45) is 0 Å². The second kappa shape index (κ2) is 8.88. The number of likely N-dealkylation sites (N-methyl/N-ethyl adjacent to an activating group) is 1. The van der Waals surface area contributed by atoms with Crippen molar-refractivity contribution in [1.82, 2.24) is 14.5 Å². The van der Waals surface area contributed by atoms with Gasteiger partial charge in [-0.25, -0.2) is 17.9 Å². The summed E-state index contributed by atoms with van der Waals surface area (Å²) in [6.45, 7) is 2.97. The van der Waals surface area contributed by atoms with E-state index in [0.717, 1.165) is 22.4 Å². The van der Waals surface area contributed by atoms with Gasteiger partial charge in [-0.05, 0) is 37.0 Å². The highest BCUT2D eigenvalue weighted by molar-refractivity contribution is 7.89. The Morgan fingerprint density at radius 1 is 1.13 bits per heavy atom. The average Bonchev–Trinajstić information content (AvgIpc) is 3.14. The molecule has 0 spiro atoms. The van der Waals surface area contributed by atoms with E-state index < -0.39 is 10.0 Å². The Balaban J connectivity index is 1.73. The van der Waals surface area contributed by atoms with Crippen molar-refractivity contribution in [3.05, 3.63) is 54.1 Å². The molecule has 4 rings (SSSR count). The van der Waals surface area contributed by atoms with Gasteiger partial charge in [0.15, 0.2) is 0 Å². The fourth-order valence-electron chi connectivity index (χ4n) is 4.34. The summed E-state index contributed by atoms with van der Waals surface area (Å²) in [4.78, 5) is 16.7. The number of hydrogen-bond donors (Lipinski definition) is 1. The molecule has 2 bridgehead atoms. The smallest absolute Gasteiger partial charge is 0.320 e. The molecule has 7 nitrogen and oxygen atoms in total. The van der Waals surface area contributed by atoms with Crippen molar-refractivity contribution >= 4 is 16.1 Å². The van der Waals surface area contributed by atoms with Crippen molar-refractivity contribution < 1.29 is 17.9 Å². The molecule has 1 N–H and O–H groups in total. The first-order chi connectivity index (χ1) is 14.9. The largest absolute Gasteiger partial charge is 0.491 e. The molecule has 0 aliphatic carbocycles. The lowest BCUT2D eigenvalue weighted by Crippen LogP contribution is -2.51. The predicted molar refractivity (Wildman–Crippen MR) is 121 cm³/mol. The molecule has 2 aliphatic heterocycles. The molecular weight excluding hydrogens is 414 g/mol. The SMILES string of the molecule is CCS(=O)(=O)N[C@H]1CCN2C(=O)N(C)CCOc3ccccc3-c3cccc(c3)C[C@@H]12. The highest BCUT2D eigenvalue weighted by Crippen LogP contribution is 2.32. The molecule has 166 valence electrons. The summed E-state index contributed by atoms with van der Waals surface area (Å²) in [5.74, 6) is 0.807. The van der Waals surface area contributed by atoms with E-state index >= 15 is 0 Å². The van der Waals surface area contributed by atoms with Crippen LogP contribution < -0.4 is 9.46 Å². The van der Waals surface area contributed by atoms with Crippen molar-refractivity contribution in [3.63, 3.8) is 0 Å². The summed E-state index contributed by atoms with van der Waals surface area (Å²) in [7, 11) is -1.61. The minimum atomic E-state index is -3.37. The number of fused-ring (bicyclic) bond motifs is 5. The van der Waals surface area contributed by atoms with E-state index in [9.17, 15) is 13.2 Å². The second-order valence-electron chi connectivity index (χ2n) is 8.13. The van der Waals surface area contributed by atoms with Gasteiger partial charge in [-0.2, -0.15) is 0 Å². The molecule has 8 heteroatoms. The van der Waals surface area contributed by atoms with Gasteiger partial charge in [-0.3, -0.25) is 0 Å². The topological polar surface area (TPSA) is 79.0 Å². The van der Waals surface area contributed by atoms with Gasteiger partial charge in [0.1, 0.15) is 12.4 Å². The van der Waals surface area contributed by atoms with Crippen molar-refractivity contribution in [2.45, 2.75) is 31.8 Å². The van der Waals surface area contributed by atoms with Crippen LogP contribution in [0, 0.1) is 0 Å². The van der Waals surface area contributed by atoms with Gasteiger partial charge in [0, 0.05) is 25.2 Å². The van der Waals surface area contributed by atoms with E-state index in [-0.39, 0.29) is 23.9 Å². The first-order valence-electron chi connectivity index (χ1n) is 10.7. The van der Waals surface area contributed by atoms with Crippen LogP contribution in [0.25, 0.3) is 11.1 Å². The molecule has 2 amide bonds. The van der Waals surface area contributed by atoms with Crippen LogP contribution >= 0.6 is 0 Å². The number of carbonyl (C=O) groups excluding carboxylic acids is 1. The number of hydrogen-bond acceptors (Lipinski definition) is 4. The molecule has 0 radical (unpaired) electrons. The summed E-state index contributed by atoms with van der Waals surface area (Å²) >= 11 is 0. The summed E-state index contributed by atoms with van der Waals surface area (Å²) in [6, 6.07) is 15.4. The maximum atomic E-state index is 13.2. The second-order valence-corrected chi connectivity index (χ2v) is 10.2. The van der Waals surface area contributed by atoms with E-state index in [0.29, 0.717) is 32.5 Å². The zero-order chi connectivity index (χ0) is 22.0. The molecule has 2 aromatic carbocycles. The third-order valence-corrected chi connectivity index (χ3v) is 7.51. The van der Waals surface area contributed by atoms with Gasteiger partial charge in [0.2, 0.25) is 10.0 Å². The molecule has 0 saturated carbocycles. The standard InChI is InChI=1S/C23H29N3O4S/c1-3-31(28,29)24-20-11-12-26-21(20)16-17-7-6-8-18(15-17)19-9-4-5-10-22(19)30-14-13-25(2)23(26)27/h4-10,15,20-21,24H,3,11-14,16H2,1-2H3/t20-,21-/m0/s1. The number of benzene rings is 2. The lowest BCUT2D eigenvalue weighted by Gasteiger charge is -2.32. The van der Waals surface area contributed by atoms with Gasteiger partial charge in [0.25, 0.3) is 0 Å². The third-order valence-electron chi connectivity index (χ3n) is 6.08. The lowest BCUT2D eigenvalue weighted by atomic mass is 9.96. The molecule has 31 heavy (non-hydrogen) atoms. The number of nitrogens with zero attached hydrogens (tertiary/aromatic N) is 2. The first-order valence-corrected chi connectivity index (χ1v) is 12.4. The molecule has 0 unspecified atom stereocenters.